The van der Waals surface area contributed by atoms with Crippen LogP contribution in [0, 0.1) is 18.8 Å². The Hall–Kier alpha value is -3.10. The van der Waals surface area contributed by atoms with Crippen molar-refractivity contribution >= 4 is 12.1 Å². The molecular formula is C23H31N3O6. The molecule has 0 aliphatic heterocycles. The number of nitrogens with one attached hydrogen (secondary N) is 1. The van der Waals surface area contributed by atoms with Crippen molar-refractivity contribution in [3.05, 3.63) is 29.6 Å². The molecule has 0 unspecified atom stereocenters. The number of carbonyl (C=O) groups excluding carboxylic acids is 1. The Kier molecular flexibility index (Phi) is 8.08. The van der Waals surface area contributed by atoms with Crippen LogP contribution in [0.15, 0.2) is 22.9 Å². The maximum absolute atomic E-state index is 12.0. The number of aryl methyl sites for hydroxylation is 1. The molecule has 0 bridgehead atoms. The van der Waals surface area contributed by atoms with Crippen LogP contribution >= 0.6 is 0 Å². The molecule has 1 amide bonds. The van der Waals surface area contributed by atoms with Gasteiger partial charge in [0, 0.05) is 5.56 Å². The van der Waals surface area contributed by atoms with Gasteiger partial charge in [-0.2, -0.15) is 0 Å². The number of carboxylic acid groups (broad SMARTS) is 1. The van der Waals surface area contributed by atoms with Crippen molar-refractivity contribution in [2.75, 3.05) is 6.61 Å². The normalized spacial score (nSPS) is 19.2. The molecule has 0 saturated heterocycles. The molecule has 0 spiro atoms. The maximum Gasteiger partial charge on any atom is 0.407 e. The Morgan fingerprint density at radius 2 is 2.16 bits per heavy atom. The van der Waals surface area contributed by atoms with Gasteiger partial charge in [0.2, 0.25) is 0 Å². The van der Waals surface area contributed by atoms with E-state index in [-0.39, 0.29) is 18.6 Å². The third-order valence-corrected chi connectivity index (χ3v) is 5.84. The first-order chi connectivity index (χ1) is 15.4. The van der Waals surface area contributed by atoms with E-state index in [4.69, 9.17) is 14.0 Å². The number of hydrogen-bond donors (Lipinski definition) is 2. The van der Waals surface area contributed by atoms with Crippen molar-refractivity contribution in [2.24, 2.45) is 11.8 Å². The maximum atomic E-state index is 12.0. The van der Waals surface area contributed by atoms with Crippen molar-refractivity contribution in [3.8, 4) is 17.2 Å². The van der Waals surface area contributed by atoms with Crippen molar-refractivity contribution in [2.45, 2.75) is 65.5 Å². The lowest BCUT2D eigenvalue weighted by Crippen LogP contribution is -2.29. The van der Waals surface area contributed by atoms with Gasteiger partial charge in [-0.05, 0) is 50.7 Å². The zero-order valence-corrected chi connectivity index (χ0v) is 18.8. The smallest absolute Gasteiger partial charge is 0.407 e. The topological polar surface area (TPSA) is 124 Å². The fourth-order valence-electron chi connectivity index (χ4n) is 3.60. The van der Waals surface area contributed by atoms with Crippen molar-refractivity contribution in [1.82, 2.24) is 15.5 Å². The molecular weight excluding hydrogens is 414 g/mol. The van der Waals surface area contributed by atoms with E-state index >= 15 is 0 Å². The van der Waals surface area contributed by atoms with Crippen molar-refractivity contribution in [3.63, 3.8) is 0 Å². The van der Waals surface area contributed by atoms with E-state index in [1.54, 1.807) is 25.3 Å². The van der Waals surface area contributed by atoms with Crippen LogP contribution in [0.4, 0.5) is 4.79 Å². The van der Waals surface area contributed by atoms with E-state index in [9.17, 15) is 14.7 Å². The summed E-state index contributed by atoms with van der Waals surface area (Å²) in [6.07, 6.45) is 4.77. The highest BCUT2D eigenvalue weighted by atomic mass is 16.5. The van der Waals surface area contributed by atoms with Crippen LogP contribution in [0.5, 0.6) is 5.75 Å². The van der Waals surface area contributed by atoms with Crippen LogP contribution in [0.1, 0.15) is 57.2 Å². The second-order valence-corrected chi connectivity index (χ2v) is 8.36. The number of aliphatic carboxylic acids is 1. The van der Waals surface area contributed by atoms with Gasteiger partial charge in [-0.3, -0.25) is 4.79 Å². The summed E-state index contributed by atoms with van der Waals surface area (Å²) >= 11 is 0. The number of rotatable bonds is 9. The van der Waals surface area contributed by atoms with Crippen LogP contribution in [0.2, 0.25) is 0 Å². The summed E-state index contributed by atoms with van der Waals surface area (Å²) in [5, 5.41) is 16.0. The van der Waals surface area contributed by atoms with Crippen LogP contribution < -0.4 is 10.1 Å². The summed E-state index contributed by atoms with van der Waals surface area (Å²) in [7, 11) is 0. The summed E-state index contributed by atoms with van der Waals surface area (Å²) in [4.78, 5) is 27.6. The fraction of sp³-hybridized carbons (Fsp3) is 0.565. The first-order valence-electron chi connectivity index (χ1n) is 11.1. The van der Waals surface area contributed by atoms with E-state index in [1.807, 2.05) is 13.8 Å². The average molecular weight is 446 g/mol. The lowest BCUT2D eigenvalue weighted by Gasteiger charge is -2.27. The molecule has 0 radical (unpaired) electrons. The average Bonchev–Trinajstić information content (AvgIpc) is 3.16. The van der Waals surface area contributed by atoms with Gasteiger partial charge in [-0.1, -0.05) is 25.4 Å². The summed E-state index contributed by atoms with van der Waals surface area (Å²) < 4.78 is 16.6. The number of nitrogens with zero attached hydrogens (tertiary/aromatic N) is 2. The molecule has 1 aliphatic carbocycles. The molecule has 3 rings (SSSR count). The number of pyridine rings is 1. The van der Waals surface area contributed by atoms with E-state index in [0.29, 0.717) is 48.3 Å². The molecule has 32 heavy (non-hydrogen) atoms. The fourth-order valence-corrected chi connectivity index (χ4v) is 3.60. The number of carboxylic acids is 1. The molecule has 0 aromatic carbocycles. The lowest BCUT2D eigenvalue weighted by atomic mass is 9.87. The number of hydrogen-bond acceptors (Lipinski definition) is 7. The summed E-state index contributed by atoms with van der Waals surface area (Å²) in [6, 6.07) is 3.54. The molecule has 2 aromatic heterocycles. The minimum atomic E-state index is -0.766. The van der Waals surface area contributed by atoms with Crippen LogP contribution in [-0.4, -0.2) is 40.0 Å². The molecule has 2 heterocycles. The molecule has 2 aromatic rings. The van der Waals surface area contributed by atoms with Gasteiger partial charge in [0.05, 0.1) is 37.1 Å². The van der Waals surface area contributed by atoms with Gasteiger partial charge in [0.1, 0.15) is 11.4 Å². The standard InChI is InChI=1S/C23H31N3O6/c1-4-14(2)13-30-23(29)25-12-19-15(3)26-32-21(19)20-9-8-18(11-24-20)31-17-7-5-6-16(10-17)22(27)28/h8-9,11,14,16-17H,4-7,10,12-13H2,1-3H3,(H,25,29)(H,27,28)/t14-,16-,17-/m0/s1. The number of carbonyl (C=O) groups is 2. The molecule has 2 N–H and O–H groups in total. The summed E-state index contributed by atoms with van der Waals surface area (Å²) in [5.41, 5.74) is 1.95. The van der Waals surface area contributed by atoms with Gasteiger partial charge >= 0.3 is 12.1 Å². The monoisotopic (exact) mass is 445 g/mol. The largest absolute Gasteiger partial charge is 0.489 e. The number of amides is 1. The highest BCUT2D eigenvalue weighted by Crippen LogP contribution is 2.29. The summed E-state index contributed by atoms with van der Waals surface area (Å²) in [6.45, 7) is 6.45. The summed E-state index contributed by atoms with van der Waals surface area (Å²) in [5.74, 6) is 0.235. The third kappa shape index (κ3) is 6.21. The first-order valence-corrected chi connectivity index (χ1v) is 11.1. The second kappa shape index (κ2) is 11.0. The molecule has 9 nitrogen and oxygen atoms in total. The van der Waals surface area contributed by atoms with Gasteiger partial charge < -0.3 is 24.4 Å². The Labute approximate surface area is 187 Å². The molecule has 1 aliphatic rings. The minimum Gasteiger partial charge on any atom is -0.489 e. The van der Waals surface area contributed by atoms with E-state index in [1.165, 1.54) is 0 Å². The van der Waals surface area contributed by atoms with E-state index in [0.717, 1.165) is 24.8 Å². The molecule has 1 saturated carbocycles. The van der Waals surface area contributed by atoms with E-state index < -0.39 is 12.1 Å². The van der Waals surface area contributed by atoms with Gasteiger partial charge in [-0.25, -0.2) is 9.78 Å². The SMILES string of the molecule is CC[C@H](C)COC(=O)NCc1c(C)noc1-c1ccc(O[C@H]2CCC[C@H](C(=O)O)C2)cn1. The first kappa shape index (κ1) is 23.6. The Bertz CT molecular complexity index is 911. The van der Waals surface area contributed by atoms with Gasteiger partial charge in [-0.15, -0.1) is 0 Å². The molecule has 9 heteroatoms. The number of aromatic nitrogens is 2. The number of ether oxygens (including phenoxy) is 2. The predicted octanol–water partition coefficient (Wildman–Crippen LogP) is 4.34. The number of alkyl carbamates (subject to hydrolysis) is 1. The highest BCUT2D eigenvalue weighted by Gasteiger charge is 2.28. The highest BCUT2D eigenvalue weighted by molar-refractivity contribution is 5.70. The quantitative estimate of drug-likeness (QED) is 0.584. The zero-order valence-electron chi connectivity index (χ0n) is 18.8. The third-order valence-electron chi connectivity index (χ3n) is 5.84. The zero-order chi connectivity index (χ0) is 23.1. The van der Waals surface area contributed by atoms with E-state index in [2.05, 4.69) is 15.5 Å². The van der Waals surface area contributed by atoms with Crippen LogP contribution in [0.3, 0.4) is 0 Å². The van der Waals surface area contributed by atoms with Gasteiger partial charge in [0.25, 0.3) is 0 Å². The molecule has 3 atom stereocenters. The van der Waals surface area contributed by atoms with Crippen LogP contribution in [-0.2, 0) is 16.1 Å². The molecule has 1 fully saturated rings. The van der Waals surface area contributed by atoms with Crippen molar-refractivity contribution in [1.29, 1.82) is 0 Å². The lowest BCUT2D eigenvalue weighted by molar-refractivity contribution is -0.143. The van der Waals surface area contributed by atoms with Gasteiger partial charge in [0.15, 0.2) is 5.76 Å². The van der Waals surface area contributed by atoms with Crippen LogP contribution in [0.25, 0.3) is 11.5 Å². The second-order valence-electron chi connectivity index (χ2n) is 8.36. The Balaban J connectivity index is 1.60. The Morgan fingerprint density at radius 3 is 2.84 bits per heavy atom. The molecule has 174 valence electrons. The minimum absolute atomic E-state index is 0.133. The Morgan fingerprint density at radius 1 is 1.34 bits per heavy atom. The predicted molar refractivity (Wildman–Crippen MR) is 116 cm³/mol. The van der Waals surface area contributed by atoms with Crippen molar-refractivity contribution < 1.29 is 28.7 Å².